The van der Waals surface area contributed by atoms with Crippen molar-refractivity contribution < 1.29 is 0 Å². The van der Waals surface area contributed by atoms with E-state index >= 15 is 0 Å². The molecule has 4 heteroatoms. The van der Waals surface area contributed by atoms with Crippen LogP contribution >= 0.6 is 12.4 Å². The summed E-state index contributed by atoms with van der Waals surface area (Å²) in [5.74, 6) is 3.33. The third-order valence-corrected chi connectivity index (χ3v) is 7.03. The number of hydrogen-bond acceptors (Lipinski definition) is 3. The Balaban J connectivity index is 0.00000144. The smallest absolute Gasteiger partial charge is 0.0110 e. The van der Waals surface area contributed by atoms with Crippen LogP contribution in [0.3, 0.4) is 0 Å². The fourth-order valence-electron chi connectivity index (χ4n) is 6.41. The van der Waals surface area contributed by atoms with Crippen molar-refractivity contribution in [1.82, 2.24) is 9.80 Å². The molecule has 2 N–H and O–H groups in total. The zero-order valence-electron chi connectivity index (χ0n) is 14.0. The van der Waals surface area contributed by atoms with E-state index in [2.05, 4.69) is 9.80 Å². The van der Waals surface area contributed by atoms with E-state index in [0.29, 0.717) is 0 Å². The maximum absolute atomic E-state index is 5.67. The van der Waals surface area contributed by atoms with Gasteiger partial charge in [0.1, 0.15) is 0 Å². The number of piperazine rings is 1. The van der Waals surface area contributed by atoms with Crippen molar-refractivity contribution in [3.63, 3.8) is 0 Å². The van der Waals surface area contributed by atoms with Gasteiger partial charge >= 0.3 is 0 Å². The highest BCUT2D eigenvalue weighted by Gasteiger charge is 2.50. The van der Waals surface area contributed by atoms with Gasteiger partial charge in [0.05, 0.1) is 0 Å². The second kappa shape index (κ2) is 6.96. The standard InChI is InChI=1S/C18H33N3.ClH/c19-2-4-21-7-5-20(6-8-21)3-1-18-12-15-9-16(13-18)11-17(10-15)14-18;/h15-17H,1-14,19H2;1H. The molecule has 3 nitrogen and oxygen atoms in total. The highest BCUT2D eigenvalue weighted by atomic mass is 35.5. The summed E-state index contributed by atoms with van der Waals surface area (Å²) < 4.78 is 0. The summed E-state index contributed by atoms with van der Waals surface area (Å²) in [6.45, 7) is 8.27. The van der Waals surface area contributed by atoms with Crippen LogP contribution in [0, 0.1) is 23.2 Å². The Kier molecular flexibility index (Phi) is 5.38. The van der Waals surface area contributed by atoms with E-state index in [1.807, 2.05) is 0 Å². The minimum Gasteiger partial charge on any atom is -0.329 e. The Labute approximate surface area is 142 Å². The van der Waals surface area contributed by atoms with Crippen molar-refractivity contribution in [2.45, 2.75) is 44.9 Å². The van der Waals surface area contributed by atoms with Gasteiger partial charge in [-0.3, -0.25) is 4.90 Å². The Morgan fingerprint density at radius 2 is 1.23 bits per heavy atom. The zero-order chi connectivity index (χ0) is 14.3. The van der Waals surface area contributed by atoms with Crippen molar-refractivity contribution in [3.05, 3.63) is 0 Å². The highest BCUT2D eigenvalue weighted by molar-refractivity contribution is 5.85. The van der Waals surface area contributed by atoms with Crippen molar-refractivity contribution >= 4 is 12.4 Å². The molecule has 4 saturated carbocycles. The van der Waals surface area contributed by atoms with Crippen LogP contribution in [-0.4, -0.2) is 55.6 Å². The first-order valence-corrected chi connectivity index (χ1v) is 9.39. The van der Waals surface area contributed by atoms with E-state index in [4.69, 9.17) is 5.73 Å². The molecular weight excluding hydrogens is 294 g/mol. The SMILES string of the molecule is Cl.NCCN1CCN(CCC23CC4CC(CC(C4)C2)C3)CC1. The summed E-state index contributed by atoms with van der Waals surface area (Å²) in [7, 11) is 0. The maximum Gasteiger partial charge on any atom is 0.0110 e. The molecule has 0 amide bonds. The van der Waals surface area contributed by atoms with Gasteiger partial charge in [-0.25, -0.2) is 0 Å². The van der Waals surface area contributed by atoms with Crippen LogP contribution in [0.4, 0.5) is 0 Å². The summed E-state index contributed by atoms with van der Waals surface area (Å²) >= 11 is 0. The van der Waals surface area contributed by atoms with E-state index < -0.39 is 0 Å². The molecule has 0 unspecified atom stereocenters. The van der Waals surface area contributed by atoms with Gasteiger partial charge in [-0.2, -0.15) is 0 Å². The molecule has 5 rings (SSSR count). The van der Waals surface area contributed by atoms with E-state index in [9.17, 15) is 0 Å². The highest BCUT2D eigenvalue weighted by Crippen LogP contribution is 2.61. The third kappa shape index (κ3) is 3.48. The molecule has 0 radical (unpaired) electrons. The molecule has 1 heterocycles. The molecule has 0 atom stereocenters. The van der Waals surface area contributed by atoms with Crippen LogP contribution < -0.4 is 5.73 Å². The van der Waals surface area contributed by atoms with Crippen LogP contribution in [0.15, 0.2) is 0 Å². The average Bonchev–Trinajstić information content (AvgIpc) is 2.46. The normalized spacial score (nSPS) is 41.6. The first-order valence-electron chi connectivity index (χ1n) is 9.39. The lowest BCUT2D eigenvalue weighted by Crippen LogP contribution is -2.50. The Morgan fingerprint density at radius 1 is 0.773 bits per heavy atom. The van der Waals surface area contributed by atoms with Gasteiger partial charge in [0, 0.05) is 39.3 Å². The van der Waals surface area contributed by atoms with E-state index in [0.717, 1.165) is 36.3 Å². The lowest BCUT2D eigenvalue weighted by Gasteiger charge is -2.57. The molecule has 0 aromatic heterocycles. The molecular formula is C18H34ClN3. The summed E-state index contributed by atoms with van der Waals surface area (Å²) in [6.07, 6.45) is 11.0. The third-order valence-electron chi connectivity index (χ3n) is 7.03. The van der Waals surface area contributed by atoms with Gasteiger partial charge in [-0.15, -0.1) is 12.4 Å². The predicted molar refractivity (Wildman–Crippen MR) is 94.4 cm³/mol. The van der Waals surface area contributed by atoms with Gasteiger partial charge in [-0.05, 0) is 74.7 Å². The van der Waals surface area contributed by atoms with Crippen molar-refractivity contribution in [3.8, 4) is 0 Å². The van der Waals surface area contributed by atoms with E-state index in [1.165, 1.54) is 39.1 Å². The predicted octanol–water partition coefficient (Wildman–Crippen LogP) is 2.59. The van der Waals surface area contributed by atoms with Gasteiger partial charge in [0.2, 0.25) is 0 Å². The second-order valence-electron chi connectivity index (χ2n) is 8.64. The Hall–Kier alpha value is 0.170. The molecule has 1 saturated heterocycles. The molecule has 1 aliphatic heterocycles. The summed E-state index contributed by atoms with van der Waals surface area (Å²) in [6, 6.07) is 0. The van der Waals surface area contributed by atoms with Crippen molar-refractivity contribution in [1.29, 1.82) is 0 Å². The van der Waals surface area contributed by atoms with Crippen molar-refractivity contribution in [2.75, 3.05) is 45.8 Å². The topological polar surface area (TPSA) is 32.5 Å². The Morgan fingerprint density at radius 3 is 1.68 bits per heavy atom. The second-order valence-corrected chi connectivity index (χ2v) is 8.64. The van der Waals surface area contributed by atoms with Crippen LogP contribution in [-0.2, 0) is 0 Å². The number of nitrogens with zero attached hydrogens (tertiary/aromatic N) is 2. The molecule has 0 aromatic carbocycles. The van der Waals surface area contributed by atoms with E-state index in [-0.39, 0.29) is 12.4 Å². The number of rotatable bonds is 5. The summed E-state index contributed by atoms with van der Waals surface area (Å²) in [5, 5.41) is 0. The van der Waals surface area contributed by atoms with Crippen LogP contribution in [0.2, 0.25) is 0 Å². The van der Waals surface area contributed by atoms with Crippen molar-refractivity contribution in [2.24, 2.45) is 28.9 Å². The fraction of sp³-hybridized carbons (Fsp3) is 1.00. The summed E-state index contributed by atoms with van der Waals surface area (Å²) in [4.78, 5) is 5.26. The molecule has 5 fully saturated rings. The molecule has 128 valence electrons. The van der Waals surface area contributed by atoms with Gasteiger partial charge in [0.15, 0.2) is 0 Å². The minimum absolute atomic E-state index is 0. The molecule has 4 bridgehead atoms. The van der Waals surface area contributed by atoms with Gasteiger partial charge in [-0.1, -0.05) is 0 Å². The summed E-state index contributed by atoms with van der Waals surface area (Å²) in [5.41, 5.74) is 6.43. The average molecular weight is 328 g/mol. The molecule has 5 aliphatic rings. The van der Waals surface area contributed by atoms with Crippen LogP contribution in [0.25, 0.3) is 0 Å². The lowest BCUT2D eigenvalue weighted by atomic mass is 9.49. The number of nitrogens with two attached hydrogens (primary N) is 1. The van der Waals surface area contributed by atoms with Crippen LogP contribution in [0.5, 0.6) is 0 Å². The number of hydrogen-bond donors (Lipinski definition) is 1. The molecule has 4 aliphatic carbocycles. The largest absolute Gasteiger partial charge is 0.329 e. The van der Waals surface area contributed by atoms with Gasteiger partial charge < -0.3 is 10.6 Å². The monoisotopic (exact) mass is 327 g/mol. The number of halogens is 1. The van der Waals surface area contributed by atoms with Gasteiger partial charge in [0.25, 0.3) is 0 Å². The Bertz CT molecular complexity index is 330. The molecule has 22 heavy (non-hydrogen) atoms. The van der Waals surface area contributed by atoms with Crippen LogP contribution in [0.1, 0.15) is 44.9 Å². The maximum atomic E-state index is 5.67. The molecule has 0 spiro atoms. The first kappa shape index (κ1) is 17.0. The lowest BCUT2D eigenvalue weighted by molar-refractivity contribution is -0.0622. The zero-order valence-corrected chi connectivity index (χ0v) is 14.8. The quantitative estimate of drug-likeness (QED) is 0.842. The molecule has 0 aromatic rings. The minimum atomic E-state index is 0. The first-order chi connectivity index (χ1) is 10.2. The van der Waals surface area contributed by atoms with E-state index in [1.54, 1.807) is 38.5 Å². The fourth-order valence-corrected chi connectivity index (χ4v) is 6.41.